The van der Waals surface area contributed by atoms with E-state index >= 15 is 0 Å². The van der Waals surface area contributed by atoms with Crippen molar-refractivity contribution >= 4 is 23.1 Å². The Kier molecular flexibility index (Phi) is 3.29. The van der Waals surface area contributed by atoms with Crippen molar-refractivity contribution < 1.29 is 9.90 Å². The summed E-state index contributed by atoms with van der Waals surface area (Å²) < 4.78 is 0. The second kappa shape index (κ2) is 4.88. The van der Waals surface area contributed by atoms with Crippen LogP contribution in [0.25, 0.3) is 0 Å². The van der Waals surface area contributed by atoms with Gasteiger partial charge in [-0.15, -0.1) is 21.5 Å². The number of aromatic carboxylic acids is 1. The summed E-state index contributed by atoms with van der Waals surface area (Å²) in [6.45, 7) is 2.54. The van der Waals surface area contributed by atoms with Gasteiger partial charge in [0.2, 0.25) is 0 Å². The number of carbonyl (C=O) groups is 1. The first kappa shape index (κ1) is 11.5. The van der Waals surface area contributed by atoms with Crippen molar-refractivity contribution in [2.45, 2.75) is 13.5 Å². The Labute approximate surface area is 101 Å². The highest BCUT2D eigenvalue weighted by molar-refractivity contribution is 7.11. The van der Waals surface area contributed by atoms with Gasteiger partial charge in [0, 0.05) is 11.1 Å². The molecule has 2 heterocycles. The molecular weight excluding hydrogens is 240 g/mol. The van der Waals surface area contributed by atoms with Gasteiger partial charge in [-0.2, -0.15) is 0 Å². The van der Waals surface area contributed by atoms with E-state index in [0.717, 1.165) is 9.88 Å². The highest BCUT2D eigenvalue weighted by Crippen LogP contribution is 2.13. The van der Waals surface area contributed by atoms with E-state index in [1.165, 1.54) is 6.07 Å². The van der Waals surface area contributed by atoms with Gasteiger partial charge >= 0.3 is 5.97 Å². The molecule has 2 aromatic rings. The molecule has 2 rings (SSSR count). The van der Waals surface area contributed by atoms with Crippen molar-refractivity contribution in [2.75, 3.05) is 5.32 Å². The predicted molar refractivity (Wildman–Crippen MR) is 63.2 cm³/mol. The van der Waals surface area contributed by atoms with Gasteiger partial charge in [-0.3, -0.25) is 0 Å². The lowest BCUT2D eigenvalue weighted by Crippen LogP contribution is -2.05. The van der Waals surface area contributed by atoms with Gasteiger partial charge in [-0.1, -0.05) is 0 Å². The molecule has 0 spiro atoms. The van der Waals surface area contributed by atoms with Crippen LogP contribution in [-0.2, 0) is 6.54 Å². The summed E-state index contributed by atoms with van der Waals surface area (Å²) in [5.41, 5.74) is -0.0656. The molecule has 0 atom stereocenters. The molecule has 17 heavy (non-hydrogen) atoms. The van der Waals surface area contributed by atoms with E-state index in [2.05, 4.69) is 20.5 Å². The van der Waals surface area contributed by atoms with Crippen molar-refractivity contribution in [1.82, 2.24) is 15.2 Å². The van der Waals surface area contributed by atoms with E-state index in [-0.39, 0.29) is 5.69 Å². The van der Waals surface area contributed by atoms with Crippen molar-refractivity contribution in [2.24, 2.45) is 0 Å². The monoisotopic (exact) mass is 250 g/mol. The number of hydrogen-bond donors (Lipinski definition) is 2. The van der Waals surface area contributed by atoms with Crippen molar-refractivity contribution in [3.05, 3.63) is 33.9 Å². The highest BCUT2D eigenvalue weighted by atomic mass is 32.1. The molecule has 7 heteroatoms. The number of anilines is 1. The van der Waals surface area contributed by atoms with Gasteiger partial charge in [0.05, 0.1) is 11.6 Å². The average Bonchev–Trinajstić information content (AvgIpc) is 2.73. The lowest BCUT2D eigenvalue weighted by atomic mass is 10.4. The van der Waals surface area contributed by atoms with Crippen LogP contribution in [0.15, 0.2) is 18.3 Å². The van der Waals surface area contributed by atoms with Crippen LogP contribution in [0.1, 0.15) is 20.4 Å². The number of nitrogens with one attached hydrogen (secondary N) is 1. The quantitative estimate of drug-likeness (QED) is 0.856. The van der Waals surface area contributed by atoms with Crippen LogP contribution < -0.4 is 5.32 Å². The Hall–Kier alpha value is -2.02. The molecule has 0 saturated carbocycles. The lowest BCUT2D eigenvalue weighted by Gasteiger charge is -2.02. The molecule has 88 valence electrons. The van der Waals surface area contributed by atoms with E-state index < -0.39 is 5.97 Å². The van der Waals surface area contributed by atoms with Crippen LogP contribution in [0, 0.1) is 6.92 Å². The van der Waals surface area contributed by atoms with E-state index in [1.807, 2.05) is 6.92 Å². The van der Waals surface area contributed by atoms with Crippen molar-refractivity contribution in [1.29, 1.82) is 0 Å². The van der Waals surface area contributed by atoms with E-state index in [9.17, 15) is 4.79 Å². The standard InChI is InChI=1S/C10H10N4O2S/c1-6-11-4-7(17-6)5-12-9-3-2-8(10(15)16)13-14-9/h2-4H,5H2,1H3,(H,12,14)(H,15,16). The topological polar surface area (TPSA) is 88.0 Å². The summed E-state index contributed by atoms with van der Waals surface area (Å²) >= 11 is 1.60. The minimum Gasteiger partial charge on any atom is -0.476 e. The first-order valence-electron chi connectivity index (χ1n) is 4.87. The van der Waals surface area contributed by atoms with Crippen LogP contribution in [0.2, 0.25) is 0 Å². The number of aromatic nitrogens is 3. The van der Waals surface area contributed by atoms with E-state index in [0.29, 0.717) is 12.4 Å². The molecule has 0 saturated heterocycles. The normalized spacial score (nSPS) is 10.2. The van der Waals surface area contributed by atoms with E-state index in [1.54, 1.807) is 23.6 Å². The van der Waals surface area contributed by atoms with Gasteiger partial charge in [-0.05, 0) is 19.1 Å². The third-order valence-corrected chi connectivity index (χ3v) is 2.91. The Morgan fingerprint density at radius 1 is 1.47 bits per heavy atom. The molecule has 0 radical (unpaired) electrons. The number of carboxylic acid groups (broad SMARTS) is 1. The smallest absolute Gasteiger partial charge is 0.356 e. The van der Waals surface area contributed by atoms with Crippen molar-refractivity contribution in [3.8, 4) is 0 Å². The van der Waals surface area contributed by atoms with Gasteiger partial charge in [0.1, 0.15) is 5.82 Å². The second-order valence-electron chi connectivity index (χ2n) is 3.31. The lowest BCUT2D eigenvalue weighted by molar-refractivity contribution is 0.0689. The first-order chi connectivity index (χ1) is 8.15. The summed E-state index contributed by atoms with van der Waals surface area (Å²) in [5, 5.41) is 20.0. The fourth-order valence-electron chi connectivity index (χ4n) is 1.21. The fraction of sp³-hybridized carbons (Fsp3) is 0.200. The molecule has 0 amide bonds. The molecule has 0 aliphatic rings. The number of thiazole rings is 1. The number of nitrogens with zero attached hydrogens (tertiary/aromatic N) is 3. The van der Waals surface area contributed by atoms with Crippen molar-refractivity contribution in [3.63, 3.8) is 0 Å². The second-order valence-corrected chi connectivity index (χ2v) is 4.63. The fourth-order valence-corrected chi connectivity index (χ4v) is 1.94. The maximum absolute atomic E-state index is 10.6. The maximum Gasteiger partial charge on any atom is 0.356 e. The Bertz CT molecular complexity index is 523. The zero-order valence-electron chi connectivity index (χ0n) is 9.04. The third-order valence-electron chi connectivity index (χ3n) is 2.00. The molecule has 0 unspecified atom stereocenters. The molecule has 0 aliphatic heterocycles. The summed E-state index contributed by atoms with van der Waals surface area (Å²) in [7, 11) is 0. The average molecular weight is 250 g/mol. The number of rotatable bonds is 4. The van der Waals surface area contributed by atoms with E-state index in [4.69, 9.17) is 5.11 Å². The molecule has 2 aromatic heterocycles. The number of carboxylic acids is 1. The predicted octanol–water partition coefficient (Wildman–Crippen LogP) is 1.55. The third kappa shape index (κ3) is 2.97. The Balaban J connectivity index is 1.97. The maximum atomic E-state index is 10.6. The zero-order valence-corrected chi connectivity index (χ0v) is 9.86. The largest absolute Gasteiger partial charge is 0.476 e. The molecule has 0 aromatic carbocycles. The molecule has 0 aliphatic carbocycles. The van der Waals surface area contributed by atoms with Gasteiger partial charge in [0.25, 0.3) is 0 Å². The molecular formula is C10H10N4O2S. The molecule has 0 bridgehead atoms. The SMILES string of the molecule is Cc1ncc(CNc2ccc(C(=O)O)nn2)s1. The van der Waals surface area contributed by atoms with Crippen LogP contribution in [0.3, 0.4) is 0 Å². The summed E-state index contributed by atoms with van der Waals surface area (Å²) in [5.74, 6) is -0.539. The minimum absolute atomic E-state index is 0.0656. The summed E-state index contributed by atoms with van der Waals surface area (Å²) in [4.78, 5) is 15.8. The van der Waals surface area contributed by atoms with Gasteiger partial charge in [-0.25, -0.2) is 9.78 Å². The Morgan fingerprint density at radius 2 is 2.29 bits per heavy atom. The van der Waals surface area contributed by atoms with Gasteiger partial charge < -0.3 is 10.4 Å². The number of aryl methyl sites for hydroxylation is 1. The van der Waals surface area contributed by atoms with Crippen LogP contribution in [0.4, 0.5) is 5.82 Å². The number of hydrogen-bond acceptors (Lipinski definition) is 6. The van der Waals surface area contributed by atoms with Crippen LogP contribution in [-0.4, -0.2) is 26.3 Å². The first-order valence-corrected chi connectivity index (χ1v) is 5.69. The molecule has 2 N–H and O–H groups in total. The molecule has 0 fully saturated rings. The Morgan fingerprint density at radius 3 is 2.82 bits per heavy atom. The zero-order chi connectivity index (χ0) is 12.3. The minimum atomic E-state index is -1.08. The van der Waals surface area contributed by atoms with Crippen LogP contribution in [0.5, 0.6) is 0 Å². The molecule has 6 nitrogen and oxygen atoms in total. The van der Waals surface area contributed by atoms with Crippen LogP contribution >= 0.6 is 11.3 Å². The summed E-state index contributed by atoms with van der Waals surface area (Å²) in [6, 6.07) is 3.00. The van der Waals surface area contributed by atoms with Gasteiger partial charge in [0.15, 0.2) is 5.69 Å². The highest BCUT2D eigenvalue weighted by Gasteiger charge is 2.05. The summed E-state index contributed by atoms with van der Waals surface area (Å²) in [6.07, 6.45) is 1.80.